The molecule has 0 radical (unpaired) electrons. The van der Waals surface area contributed by atoms with E-state index < -0.39 is 0 Å². The van der Waals surface area contributed by atoms with Crippen LogP contribution in [0.25, 0.3) is 10.1 Å². The lowest BCUT2D eigenvalue weighted by Crippen LogP contribution is -2.37. The van der Waals surface area contributed by atoms with Crippen molar-refractivity contribution in [1.82, 2.24) is 10.2 Å². The second kappa shape index (κ2) is 4.90. The Bertz CT molecular complexity index is 619. The molecule has 1 atom stereocenters. The van der Waals surface area contributed by atoms with Gasteiger partial charge in [-0.15, -0.1) is 11.3 Å². The molecule has 5 heteroatoms. The highest BCUT2D eigenvalue weighted by molar-refractivity contribution is 7.20. The molecule has 1 aromatic carbocycles. The average molecular weight is 278 g/mol. The van der Waals surface area contributed by atoms with Gasteiger partial charge in [0.2, 0.25) is 0 Å². The molecule has 1 saturated heterocycles. The van der Waals surface area contributed by atoms with Gasteiger partial charge in [0.05, 0.1) is 4.88 Å². The van der Waals surface area contributed by atoms with Crippen LogP contribution in [0.5, 0.6) is 0 Å². The summed E-state index contributed by atoms with van der Waals surface area (Å²) in [5, 5.41) is 4.18. The highest BCUT2D eigenvalue weighted by atomic mass is 32.1. The number of benzene rings is 1. The van der Waals surface area contributed by atoms with Crippen LogP contribution in [0, 0.1) is 5.82 Å². The van der Waals surface area contributed by atoms with Gasteiger partial charge >= 0.3 is 0 Å². The van der Waals surface area contributed by atoms with Crippen LogP contribution in [-0.4, -0.2) is 37.0 Å². The molecule has 0 spiro atoms. The van der Waals surface area contributed by atoms with Crippen LogP contribution in [0.3, 0.4) is 0 Å². The fourth-order valence-electron chi connectivity index (χ4n) is 2.42. The van der Waals surface area contributed by atoms with E-state index in [2.05, 4.69) is 5.32 Å². The van der Waals surface area contributed by atoms with Gasteiger partial charge in [0.15, 0.2) is 0 Å². The van der Waals surface area contributed by atoms with Crippen LogP contribution in [-0.2, 0) is 0 Å². The molecule has 1 amide bonds. The molecule has 1 aliphatic rings. The maximum atomic E-state index is 13.2. The lowest BCUT2D eigenvalue weighted by Gasteiger charge is -2.22. The van der Waals surface area contributed by atoms with Crippen molar-refractivity contribution in [3.8, 4) is 0 Å². The standard InChI is InChI=1S/C14H15FN2OS/c1-17(11-4-5-16-8-11)14(18)13-6-9-2-3-10(15)7-12(9)19-13/h2-3,6-7,11,16H,4-5,8H2,1H3. The molecule has 0 saturated carbocycles. The molecule has 0 aliphatic carbocycles. The van der Waals surface area contributed by atoms with Gasteiger partial charge in [-0.1, -0.05) is 6.07 Å². The zero-order chi connectivity index (χ0) is 13.4. The van der Waals surface area contributed by atoms with E-state index in [4.69, 9.17) is 0 Å². The van der Waals surface area contributed by atoms with Gasteiger partial charge in [-0.05, 0) is 36.6 Å². The van der Waals surface area contributed by atoms with Crippen LogP contribution >= 0.6 is 11.3 Å². The van der Waals surface area contributed by atoms with E-state index in [1.807, 2.05) is 13.1 Å². The van der Waals surface area contributed by atoms with Crippen molar-refractivity contribution in [1.29, 1.82) is 0 Å². The van der Waals surface area contributed by atoms with Crippen molar-refractivity contribution in [3.05, 3.63) is 35.0 Å². The summed E-state index contributed by atoms with van der Waals surface area (Å²) in [5.74, 6) is -0.239. The third-order valence-corrected chi connectivity index (χ3v) is 4.68. The van der Waals surface area contributed by atoms with Crippen LogP contribution in [0.15, 0.2) is 24.3 Å². The van der Waals surface area contributed by atoms with Crippen molar-refractivity contribution in [3.63, 3.8) is 0 Å². The minimum Gasteiger partial charge on any atom is -0.337 e. The Morgan fingerprint density at radius 3 is 3.05 bits per heavy atom. The summed E-state index contributed by atoms with van der Waals surface area (Å²) in [4.78, 5) is 14.9. The Morgan fingerprint density at radius 2 is 2.32 bits per heavy atom. The molecule has 1 aliphatic heterocycles. The minimum atomic E-state index is -0.262. The first-order chi connectivity index (χ1) is 9.15. The van der Waals surface area contributed by atoms with Crippen molar-refractivity contribution < 1.29 is 9.18 Å². The number of nitrogens with one attached hydrogen (secondary N) is 1. The van der Waals surface area contributed by atoms with Crippen LogP contribution in [0.4, 0.5) is 4.39 Å². The average Bonchev–Trinajstić information content (AvgIpc) is 3.05. The zero-order valence-corrected chi connectivity index (χ0v) is 11.5. The number of halogens is 1. The van der Waals surface area contributed by atoms with Crippen molar-refractivity contribution in [2.24, 2.45) is 0 Å². The Hall–Kier alpha value is -1.46. The molecule has 2 heterocycles. The topological polar surface area (TPSA) is 32.3 Å². The molecule has 19 heavy (non-hydrogen) atoms. The van der Waals surface area contributed by atoms with E-state index in [0.717, 1.165) is 29.6 Å². The van der Waals surface area contributed by atoms with Crippen molar-refractivity contribution in [2.45, 2.75) is 12.5 Å². The largest absolute Gasteiger partial charge is 0.337 e. The normalized spacial score (nSPS) is 18.9. The maximum absolute atomic E-state index is 13.2. The first kappa shape index (κ1) is 12.6. The number of carbonyl (C=O) groups excluding carboxylic acids is 1. The van der Waals surface area contributed by atoms with E-state index in [1.165, 1.54) is 23.5 Å². The second-order valence-electron chi connectivity index (χ2n) is 4.86. The number of fused-ring (bicyclic) bond motifs is 1. The molecular weight excluding hydrogens is 263 g/mol. The van der Waals surface area contributed by atoms with E-state index >= 15 is 0 Å². The minimum absolute atomic E-state index is 0.0234. The number of amides is 1. The quantitative estimate of drug-likeness (QED) is 0.915. The fraction of sp³-hybridized carbons (Fsp3) is 0.357. The predicted octanol–water partition coefficient (Wildman–Crippen LogP) is 2.47. The highest BCUT2D eigenvalue weighted by Gasteiger charge is 2.25. The Labute approximate surface area is 115 Å². The summed E-state index contributed by atoms with van der Waals surface area (Å²) < 4.78 is 14.0. The molecule has 3 nitrogen and oxygen atoms in total. The van der Waals surface area contributed by atoms with E-state index in [0.29, 0.717) is 4.88 Å². The summed E-state index contributed by atoms with van der Waals surface area (Å²) in [6, 6.07) is 6.73. The van der Waals surface area contributed by atoms with Gasteiger partial charge < -0.3 is 10.2 Å². The van der Waals surface area contributed by atoms with Gasteiger partial charge in [0, 0.05) is 24.3 Å². The summed E-state index contributed by atoms with van der Waals surface area (Å²) in [6.07, 6.45) is 0.988. The maximum Gasteiger partial charge on any atom is 0.263 e. The van der Waals surface area contributed by atoms with E-state index in [-0.39, 0.29) is 17.8 Å². The van der Waals surface area contributed by atoms with E-state index in [1.54, 1.807) is 11.0 Å². The van der Waals surface area contributed by atoms with Crippen LogP contribution in [0.2, 0.25) is 0 Å². The zero-order valence-electron chi connectivity index (χ0n) is 10.6. The molecule has 1 unspecified atom stereocenters. The van der Waals surface area contributed by atoms with Crippen molar-refractivity contribution in [2.75, 3.05) is 20.1 Å². The highest BCUT2D eigenvalue weighted by Crippen LogP contribution is 2.27. The second-order valence-corrected chi connectivity index (χ2v) is 5.94. The summed E-state index contributed by atoms with van der Waals surface area (Å²) >= 11 is 1.36. The third-order valence-electron chi connectivity index (χ3n) is 3.60. The van der Waals surface area contributed by atoms with Gasteiger partial charge in [-0.25, -0.2) is 4.39 Å². The monoisotopic (exact) mass is 278 g/mol. The third kappa shape index (κ3) is 2.35. The van der Waals surface area contributed by atoms with E-state index in [9.17, 15) is 9.18 Å². The molecule has 2 aromatic rings. The number of nitrogens with zero attached hydrogens (tertiary/aromatic N) is 1. The van der Waals surface area contributed by atoms with Gasteiger partial charge in [0.1, 0.15) is 5.82 Å². The summed E-state index contributed by atoms with van der Waals surface area (Å²) in [6.45, 7) is 1.81. The number of likely N-dealkylation sites (N-methyl/N-ethyl adjacent to an activating group) is 1. The first-order valence-corrected chi connectivity index (χ1v) is 7.14. The fourth-order valence-corrected chi connectivity index (χ4v) is 3.49. The molecule has 0 bridgehead atoms. The summed E-state index contributed by atoms with van der Waals surface area (Å²) in [5.41, 5.74) is 0. The van der Waals surface area contributed by atoms with Gasteiger partial charge in [0.25, 0.3) is 5.91 Å². The molecule has 1 fully saturated rings. The molecule has 1 N–H and O–H groups in total. The number of thiophene rings is 1. The Kier molecular flexibility index (Phi) is 3.24. The predicted molar refractivity (Wildman–Crippen MR) is 75.2 cm³/mol. The number of hydrogen-bond acceptors (Lipinski definition) is 3. The van der Waals surface area contributed by atoms with Gasteiger partial charge in [-0.2, -0.15) is 0 Å². The number of carbonyl (C=O) groups is 1. The van der Waals surface area contributed by atoms with Crippen LogP contribution in [0.1, 0.15) is 16.1 Å². The van der Waals surface area contributed by atoms with Gasteiger partial charge in [-0.3, -0.25) is 4.79 Å². The van der Waals surface area contributed by atoms with Crippen molar-refractivity contribution >= 4 is 27.3 Å². The lowest BCUT2D eigenvalue weighted by atomic mass is 10.2. The molecular formula is C14H15FN2OS. The SMILES string of the molecule is CN(C(=O)c1cc2ccc(F)cc2s1)C1CCNC1. The smallest absolute Gasteiger partial charge is 0.263 e. The molecule has 3 rings (SSSR count). The molecule has 1 aromatic heterocycles. The number of rotatable bonds is 2. The Balaban J connectivity index is 1.88. The Morgan fingerprint density at radius 1 is 1.47 bits per heavy atom. The summed E-state index contributed by atoms with van der Waals surface area (Å²) in [7, 11) is 1.84. The lowest BCUT2D eigenvalue weighted by molar-refractivity contribution is 0.0749. The number of hydrogen-bond donors (Lipinski definition) is 1. The molecule has 100 valence electrons. The van der Waals surface area contributed by atoms with Crippen LogP contribution < -0.4 is 5.32 Å². The first-order valence-electron chi connectivity index (χ1n) is 6.32.